The number of para-hydroxylation sites is 1. The number of rotatable bonds is 5. The van der Waals surface area contributed by atoms with Gasteiger partial charge >= 0.3 is 0 Å². The molecule has 0 bridgehead atoms. The Hall–Kier alpha value is -1.26. The van der Waals surface area contributed by atoms with Crippen molar-refractivity contribution in [3.63, 3.8) is 0 Å². The molecule has 21 heavy (non-hydrogen) atoms. The largest absolute Gasteiger partial charge is 0.493 e. The first-order valence-corrected chi connectivity index (χ1v) is 7.77. The molecular formula is C17H28N2O2. The SMILES string of the molecule is COc1cccc(C(CN)N2CCC(C)C(C)C2)c1OC. The molecule has 4 nitrogen and oxygen atoms in total. The zero-order chi connectivity index (χ0) is 15.4. The number of methoxy groups -OCH3 is 2. The van der Waals surface area contributed by atoms with Gasteiger partial charge < -0.3 is 15.2 Å². The van der Waals surface area contributed by atoms with Crippen LogP contribution in [0, 0.1) is 11.8 Å². The van der Waals surface area contributed by atoms with Crippen molar-refractivity contribution in [2.75, 3.05) is 33.9 Å². The molecule has 2 N–H and O–H groups in total. The van der Waals surface area contributed by atoms with Crippen LogP contribution in [-0.2, 0) is 0 Å². The third-order valence-corrected chi connectivity index (χ3v) is 4.82. The molecule has 0 amide bonds. The molecule has 1 fully saturated rings. The van der Waals surface area contributed by atoms with E-state index in [0.717, 1.165) is 36.1 Å². The Morgan fingerprint density at radius 1 is 1.24 bits per heavy atom. The summed E-state index contributed by atoms with van der Waals surface area (Å²) in [5.74, 6) is 3.06. The van der Waals surface area contributed by atoms with E-state index in [2.05, 4.69) is 24.8 Å². The summed E-state index contributed by atoms with van der Waals surface area (Å²) in [4.78, 5) is 2.49. The summed E-state index contributed by atoms with van der Waals surface area (Å²) in [5.41, 5.74) is 7.22. The molecule has 2 rings (SSSR count). The van der Waals surface area contributed by atoms with Gasteiger partial charge in [0.1, 0.15) is 0 Å². The highest BCUT2D eigenvalue weighted by Crippen LogP contribution is 2.38. The van der Waals surface area contributed by atoms with E-state index in [4.69, 9.17) is 15.2 Å². The second kappa shape index (κ2) is 7.14. The maximum atomic E-state index is 6.09. The summed E-state index contributed by atoms with van der Waals surface area (Å²) in [5, 5.41) is 0. The topological polar surface area (TPSA) is 47.7 Å². The van der Waals surface area contributed by atoms with Crippen LogP contribution in [0.1, 0.15) is 31.9 Å². The molecule has 1 aromatic rings. The lowest BCUT2D eigenvalue weighted by molar-refractivity contribution is 0.0968. The molecule has 3 atom stereocenters. The Balaban J connectivity index is 2.29. The second-order valence-electron chi connectivity index (χ2n) is 6.07. The first kappa shape index (κ1) is 16.1. The lowest BCUT2D eigenvalue weighted by Gasteiger charge is -2.40. The van der Waals surface area contributed by atoms with Crippen molar-refractivity contribution in [2.24, 2.45) is 17.6 Å². The van der Waals surface area contributed by atoms with Crippen LogP contribution in [0.3, 0.4) is 0 Å². The summed E-state index contributed by atoms with van der Waals surface area (Å²) in [6.45, 7) is 7.43. The number of hydrogen-bond donors (Lipinski definition) is 1. The lowest BCUT2D eigenvalue weighted by atomic mass is 9.87. The normalized spacial score (nSPS) is 24.6. The highest BCUT2D eigenvalue weighted by molar-refractivity contribution is 5.48. The number of piperidine rings is 1. The third-order valence-electron chi connectivity index (χ3n) is 4.82. The zero-order valence-corrected chi connectivity index (χ0v) is 13.6. The number of benzene rings is 1. The summed E-state index contributed by atoms with van der Waals surface area (Å²) >= 11 is 0. The zero-order valence-electron chi connectivity index (χ0n) is 13.6. The fourth-order valence-corrected chi connectivity index (χ4v) is 3.23. The highest BCUT2D eigenvalue weighted by atomic mass is 16.5. The van der Waals surface area contributed by atoms with Crippen LogP contribution in [-0.4, -0.2) is 38.8 Å². The molecule has 1 saturated heterocycles. The van der Waals surface area contributed by atoms with Gasteiger partial charge in [-0.2, -0.15) is 0 Å². The van der Waals surface area contributed by atoms with E-state index in [9.17, 15) is 0 Å². The van der Waals surface area contributed by atoms with Crippen LogP contribution in [0.25, 0.3) is 0 Å². The average Bonchev–Trinajstić information content (AvgIpc) is 2.51. The lowest BCUT2D eigenvalue weighted by Crippen LogP contribution is -2.43. The molecule has 0 radical (unpaired) electrons. The number of ether oxygens (including phenoxy) is 2. The minimum absolute atomic E-state index is 0.185. The fourth-order valence-electron chi connectivity index (χ4n) is 3.23. The maximum absolute atomic E-state index is 6.09. The fraction of sp³-hybridized carbons (Fsp3) is 0.647. The maximum Gasteiger partial charge on any atom is 0.165 e. The van der Waals surface area contributed by atoms with Gasteiger partial charge in [0.2, 0.25) is 0 Å². The van der Waals surface area contributed by atoms with Crippen LogP contribution in [0.2, 0.25) is 0 Å². The van der Waals surface area contributed by atoms with Gasteiger partial charge in [-0.05, 0) is 30.9 Å². The van der Waals surface area contributed by atoms with Gasteiger partial charge in [0.15, 0.2) is 11.5 Å². The molecule has 1 aliphatic heterocycles. The van der Waals surface area contributed by atoms with E-state index in [1.165, 1.54) is 6.42 Å². The van der Waals surface area contributed by atoms with Crippen LogP contribution in [0.5, 0.6) is 11.5 Å². The van der Waals surface area contributed by atoms with Crippen LogP contribution < -0.4 is 15.2 Å². The predicted octanol–water partition coefficient (Wildman–Crippen LogP) is 2.68. The summed E-state index contributed by atoms with van der Waals surface area (Å²) in [6.07, 6.45) is 1.23. The van der Waals surface area contributed by atoms with E-state index in [-0.39, 0.29) is 6.04 Å². The monoisotopic (exact) mass is 292 g/mol. The summed E-state index contributed by atoms with van der Waals surface area (Å²) in [6, 6.07) is 6.22. The van der Waals surface area contributed by atoms with Crippen molar-refractivity contribution in [2.45, 2.75) is 26.3 Å². The van der Waals surface area contributed by atoms with Gasteiger partial charge in [0.05, 0.1) is 20.3 Å². The molecule has 0 spiro atoms. The smallest absolute Gasteiger partial charge is 0.165 e. The van der Waals surface area contributed by atoms with Gasteiger partial charge in [0, 0.05) is 18.7 Å². The predicted molar refractivity (Wildman–Crippen MR) is 85.9 cm³/mol. The Labute approximate surface area is 128 Å². The minimum atomic E-state index is 0.185. The summed E-state index contributed by atoms with van der Waals surface area (Å²) in [7, 11) is 3.36. The Kier molecular flexibility index (Phi) is 5.48. The number of likely N-dealkylation sites (tertiary alicyclic amines) is 1. The molecule has 118 valence electrons. The van der Waals surface area contributed by atoms with Crippen LogP contribution in [0.15, 0.2) is 18.2 Å². The highest BCUT2D eigenvalue weighted by Gasteiger charge is 2.30. The quantitative estimate of drug-likeness (QED) is 0.906. The Morgan fingerprint density at radius 3 is 2.57 bits per heavy atom. The molecule has 1 aliphatic rings. The van der Waals surface area contributed by atoms with Crippen molar-refractivity contribution in [3.05, 3.63) is 23.8 Å². The van der Waals surface area contributed by atoms with E-state index in [1.54, 1.807) is 14.2 Å². The Morgan fingerprint density at radius 2 is 2.00 bits per heavy atom. The molecule has 1 aromatic carbocycles. The van der Waals surface area contributed by atoms with Crippen molar-refractivity contribution in [3.8, 4) is 11.5 Å². The van der Waals surface area contributed by atoms with Crippen molar-refractivity contribution < 1.29 is 9.47 Å². The standard InChI is InChI=1S/C17H28N2O2/c1-12-8-9-19(11-13(12)2)15(10-18)14-6-5-7-16(20-3)17(14)21-4/h5-7,12-13,15H,8-11,18H2,1-4H3. The molecule has 4 heteroatoms. The Bertz CT molecular complexity index is 464. The van der Waals surface area contributed by atoms with E-state index < -0.39 is 0 Å². The first-order valence-electron chi connectivity index (χ1n) is 7.77. The molecule has 1 heterocycles. The molecule has 3 unspecified atom stereocenters. The van der Waals surface area contributed by atoms with Gasteiger partial charge in [-0.3, -0.25) is 4.90 Å². The van der Waals surface area contributed by atoms with Gasteiger partial charge in [-0.1, -0.05) is 26.0 Å². The number of hydrogen-bond acceptors (Lipinski definition) is 4. The minimum Gasteiger partial charge on any atom is -0.493 e. The van der Waals surface area contributed by atoms with Gasteiger partial charge in [0.25, 0.3) is 0 Å². The van der Waals surface area contributed by atoms with Crippen molar-refractivity contribution >= 4 is 0 Å². The average molecular weight is 292 g/mol. The van der Waals surface area contributed by atoms with E-state index in [0.29, 0.717) is 12.5 Å². The molecule has 0 saturated carbocycles. The van der Waals surface area contributed by atoms with Crippen molar-refractivity contribution in [1.29, 1.82) is 0 Å². The van der Waals surface area contributed by atoms with Gasteiger partial charge in [-0.15, -0.1) is 0 Å². The van der Waals surface area contributed by atoms with Crippen LogP contribution >= 0.6 is 0 Å². The van der Waals surface area contributed by atoms with E-state index in [1.807, 2.05) is 12.1 Å². The third kappa shape index (κ3) is 3.33. The van der Waals surface area contributed by atoms with E-state index >= 15 is 0 Å². The molecule has 0 aromatic heterocycles. The van der Waals surface area contributed by atoms with Crippen LogP contribution in [0.4, 0.5) is 0 Å². The van der Waals surface area contributed by atoms with Crippen molar-refractivity contribution in [1.82, 2.24) is 4.90 Å². The number of nitrogens with zero attached hydrogens (tertiary/aromatic N) is 1. The molecule has 0 aliphatic carbocycles. The van der Waals surface area contributed by atoms with Gasteiger partial charge in [-0.25, -0.2) is 0 Å². The first-order chi connectivity index (χ1) is 10.1. The molecular weight excluding hydrogens is 264 g/mol. The summed E-state index contributed by atoms with van der Waals surface area (Å²) < 4.78 is 11.0. The second-order valence-corrected chi connectivity index (χ2v) is 6.07. The number of nitrogens with two attached hydrogens (primary N) is 1.